The average molecular weight is 251 g/mol. The Bertz CT molecular complexity index is 453. The van der Waals surface area contributed by atoms with Crippen LogP contribution in [-0.2, 0) is 25.7 Å². The van der Waals surface area contributed by atoms with E-state index < -0.39 is 21.4 Å². The molecular weight excluding hydrogens is 242 g/mol. The van der Waals surface area contributed by atoms with Crippen molar-refractivity contribution in [2.75, 3.05) is 0 Å². The highest BCUT2D eigenvalue weighted by Crippen LogP contribution is 2.11. The molecule has 0 radical (unpaired) electrons. The second-order valence-electron chi connectivity index (χ2n) is 2.68. The summed E-state index contributed by atoms with van der Waals surface area (Å²) in [7, 11) is -4.04. The molecule has 0 saturated carbocycles. The Hall–Kier alpha value is -0.800. The molecule has 15 heavy (non-hydrogen) atoms. The summed E-state index contributed by atoms with van der Waals surface area (Å²) >= 11 is -2.54. The third-order valence-corrected chi connectivity index (χ3v) is 3.01. The van der Waals surface area contributed by atoms with Crippen LogP contribution in [0, 0.1) is 6.92 Å². The Morgan fingerprint density at radius 3 is 2.33 bits per heavy atom. The second kappa shape index (κ2) is 4.81. The van der Waals surface area contributed by atoms with E-state index in [0.717, 1.165) is 5.56 Å². The van der Waals surface area contributed by atoms with Crippen LogP contribution in [0.5, 0.6) is 0 Å². The fourth-order valence-corrected chi connectivity index (χ4v) is 1.98. The molecule has 0 amide bonds. The second-order valence-corrected chi connectivity index (χ2v) is 4.89. The summed E-state index contributed by atoms with van der Waals surface area (Å²) < 4.78 is 45.1. The Balaban J connectivity index is 2.87. The SMILES string of the molecule is Cc1ccc(S(=O)(=O)ONS(=O)O)cc1. The van der Waals surface area contributed by atoms with Crippen molar-refractivity contribution < 1.29 is 21.5 Å². The van der Waals surface area contributed by atoms with Gasteiger partial charge in [0.15, 0.2) is 0 Å². The molecule has 0 spiro atoms. The maximum absolute atomic E-state index is 11.3. The molecule has 1 rings (SSSR count). The van der Waals surface area contributed by atoms with Crippen molar-refractivity contribution in [2.45, 2.75) is 11.8 Å². The number of rotatable bonds is 4. The highest BCUT2D eigenvalue weighted by molar-refractivity contribution is 7.87. The van der Waals surface area contributed by atoms with Crippen molar-refractivity contribution in [3.05, 3.63) is 29.8 Å². The maximum Gasteiger partial charge on any atom is 0.313 e. The summed E-state index contributed by atoms with van der Waals surface area (Å²) in [6, 6.07) is 5.86. The van der Waals surface area contributed by atoms with Crippen LogP contribution in [-0.4, -0.2) is 17.2 Å². The molecule has 1 aromatic carbocycles. The Labute approximate surface area is 89.8 Å². The zero-order valence-electron chi connectivity index (χ0n) is 7.71. The fraction of sp³-hybridized carbons (Fsp3) is 0.143. The first-order chi connectivity index (χ1) is 6.92. The van der Waals surface area contributed by atoms with Gasteiger partial charge in [0.2, 0.25) is 0 Å². The van der Waals surface area contributed by atoms with Crippen molar-refractivity contribution >= 4 is 21.4 Å². The quantitative estimate of drug-likeness (QED) is 0.594. The van der Waals surface area contributed by atoms with Crippen molar-refractivity contribution in [3.63, 3.8) is 0 Å². The molecule has 1 unspecified atom stereocenters. The van der Waals surface area contributed by atoms with Crippen LogP contribution in [0.3, 0.4) is 0 Å². The minimum atomic E-state index is -4.04. The molecule has 0 aliphatic carbocycles. The summed E-state index contributed by atoms with van der Waals surface area (Å²) in [4.78, 5) is 1.35. The highest BCUT2D eigenvalue weighted by Gasteiger charge is 2.15. The summed E-state index contributed by atoms with van der Waals surface area (Å²) in [6.07, 6.45) is 0. The van der Waals surface area contributed by atoms with Gasteiger partial charge in [0.1, 0.15) is 0 Å². The number of hydrogen-bond acceptors (Lipinski definition) is 4. The smallest absolute Gasteiger partial charge is 0.292 e. The predicted molar refractivity (Wildman–Crippen MR) is 53.4 cm³/mol. The summed E-state index contributed by atoms with van der Waals surface area (Å²) in [5.41, 5.74) is 0.896. The summed E-state index contributed by atoms with van der Waals surface area (Å²) in [5.74, 6) is 0. The van der Waals surface area contributed by atoms with Gasteiger partial charge in [-0.05, 0) is 19.1 Å². The summed E-state index contributed by atoms with van der Waals surface area (Å²) in [5, 5.41) is 0. The zero-order valence-corrected chi connectivity index (χ0v) is 9.34. The minimum absolute atomic E-state index is 0.0916. The third kappa shape index (κ3) is 3.68. The van der Waals surface area contributed by atoms with Gasteiger partial charge in [0, 0.05) is 0 Å². The lowest BCUT2D eigenvalue weighted by atomic mass is 10.2. The van der Waals surface area contributed by atoms with E-state index in [1.807, 2.05) is 0 Å². The molecule has 0 aliphatic rings. The van der Waals surface area contributed by atoms with Crippen LogP contribution in [0.25, 0.3) is 0 Å². The van der Waals surface area contributed by atoms with E-state index >= 15 is 0 Å². The van der Waals surface area contributed by atoms with Crippen LogP contribution in [0.4, 0.5) is 0 Å². The topological polar surface area (TPSA) is 92.7 Å². The van der Waals surface area contributed by atoms with Gasteiger partial charge in [0.05, 0.1) is 4.90 Å². The van der Waals surface area contributed by atoms with Crippen LogP contribution >= 0.6 is 0 Å². The molecular formula is C7H9NO5S2. The van der Waals surface area contributed by atoms with E-state index in [1.165, 1.54) is 17.0 Å². The number of benzene rings is 1. The van der Waals surface area contributed by atoms with E-state index in [2.05, 4.69) is 4.28 Å². The Morgan fingerprint density at radius 1 is 1.33 bits per heavy atom. The molecule has 0 fully saturated rings. The fourth-order valence-electron chi connectivity index (χ4n) is 0.827. The van der Waals surface area contributed by atoms with Gasteiger partial charge in [-0.1, -0.05) is 22.6 Å². The van der Waals surface area contributed by atoms with Gasteiger partial charge >= 0.3 is 10.1 Å². The van der Waals surface area contributed by atoms with Gasteiger partial charge in [0.25, 0.3) is 11.3 Å². The highest BCUT2D eigenvalue weighted by atomic mass is 32.2. The van der Waals surface area contributed by atoms with Crippen LogP contribution in [0.15, 0.2) is 29.2 Å². The first kappa shape index (κ1) is 12.3. The van der Waals surface area contributed by atoms with Gasteiger partial charge in [-0.2, -0.15) is 12.7 Å². The minimum Gasteiger partial charge on any atom is -0.292 e. The zero-order chi connectivity index (χ0) is 11.5. The number of aryl methyl sites for hydroxylation is 1. The van der Waals surface area contributed by atoms with E-state index in [-0.39, 0.29) is 4.90 Å². The van der Waals surface area contributed by atoms with Crippen molar-refractivity contribution in [2.24, 2.45) is 0 Å². The molecule has 84 valence electrons. The van der Waals surface area contributed by atoms with Gasteiger partial charge in [-0.15, -0.1) is 0 Å². The normalized spacial score (nSPS) is 13.7. The third-order valence-electron chi connectivity index (χ3n) is 1.52. The lowest BCUT2D eigenvalue weighted by molar-refractivity contribution is 0.270. The number of hydrogen-bond donors (Lipinski definition) is 2. The molecule has 0 aromatic heterocycles. The predicted octanol–water partition coefficient (Wildman–Crippen LogP) is 0.342. The van der Waals surface area contributed by atoms with E-state index in [1.54, 1.807) is 19.1 Å². The molecule has 1 atom stereocenters. The largest absolute Gasteiger partial charge is 0.313 e. The van der Waals surface area contributed by atoms with Crippen molar-refractivity contribution in [1.29, 1.82) is 0 Å². The van der Waals surface area contributed by atoms with Crippen LogP contribution in [0.1, 0.15) is 5.56 Å². The maximum atomic E-state index is 11.3. The first-order valence-corrected chi connectivity index (χ1v) is 6.30. The molecule has 0 aliphatic heterocycles. The standard InChI is InChI=1S/C7H9NO5S2/c1-6-2-4-7(5-3-6)15(11,12)13-8-14(9)10/h2-5,8H,1H3,(H,9,10). The lowest BCUT2D eigenvalue weighted by Gasteiger charge is -2.03. The Morgan fingerprint density at radius 2 is 1.87 bits per heavy atom. The van der Waals surface area contributed by atoms with Gasteiger partial charge in [-0.25, -0.2) is 4.21 Å². The van der Waals surface area contributed by atoms with Crippen molar-refractivity contribution in [1.82, 2.24) is 4.89 Å². The first-order valence-electron chi connectivity index (χ1n) is 3.78. The molecule has 0 heterocycles. The number of nitrogens with one attached hydrogen (secondary N) is 1. The van der Waals surface area contributed by atoms with Gasteiger partial charge in [-0.3, -0.25) is 4.55 Å². The lowest BCUT2D eigenvalue weighted by Crippen LogP contribution is -2.21. The summed E-state index contributed by atoms with van der Waals surface area (Å²) in [6.45, 7) is 1.80. The van der Waals surface area contributed by atoms with Gasteiger partial charge < -0.3 is 0 Å². The molecule has 0 bridgehead atoms. The monoisotopic (exact) mass is 251 g/mol. The van der Waals surface area contributed by atoms with E-state index in [9.17, 15) is 12.6 Å². The Kier molecular flexibility index (Phi) is 3.94. The molecule has 1 aromatic rings. The molecule has 8 heteroatoms. The average Bonchev–Trinajstić information content (AvgIpc) is 2.16. The van der Waals surface area contributed by atoms with Crippen LogP contribution in [0.2, 0.25) is 0 Å². The van der Waals surface area contributed by atoms with Crippen molar-refractivity contribution in [3.8, 4) is 0 Å². The molecule has 6 nitrogen and oxygen atoms in total. The van der Waals surface area contributed by atoms with E-state index in [4.69, 9.17) is 4.55 Å². The molecule has 2 N–H and O–H groups in total. The molecule has 0 saturated heterocycles. The van der Waals surface area contributed by atoms with Crippen LogP contribution < -0.4 is 4.89 Å². The van der Waals surface area contributed by atoms with E-state index in [0.29, 0.717) is 0 Å².